The molecular weight excluding hydrogens is 355 g/mol. The second-order valence-corrected chi connectivity index (χ2v) is 6.47. The SMILES string of the molecule is NC(CNc1nc(-c2ccncc2F)nc2cnccc12)Cc1ccccc1. The van der Waals surface area contributed by atoms with Gasteiger partial charge in [0.05, 0.1) is 23.5 Å². The first-order valence-electron chi connectivity index (χ1n) is 8.96. The topological polar surface area (TPSA) is 89.6 Å². The van der Waals surface area contributed by atoms with Crippen molar-refractivity contribution in [1.82, 2.24) is 19.9 Å². The van der Waals surface area contributed by atoms with E-state index in [0.717, 1.165) is 18.0 Å². The van der Waals surface area contributed by atoms with Crippen LogP contribution in [0.25, 0.3) is 22.3 Å². The lowest BCUT2D eigenvalue weighted by Gasteiger charge is -2.15. The number of anilines is 1. The second-order valence-electron chi connectivity index (χ2n) is 6.47. The minimum Gasteiger partial charge on any atom is -0.368 e. The molecule has 0 spiro atoms. The quantitative estimate of drug-likeness (QED) is 0.539. The molecule has 0 amide bonds. The lowest BCUT2D eigenvalue weighted by molar-refractivity contribution is 0.623. The summed E-state index contributed by atoms with van der Waals surface area (Å²) in [7, 11) is 0. The van der Waals surface area contributed by atoms with Crippen LogP contribution in [0.3, 0.4) is 0 Å². The largest absolute Gasteiger partial charge is 0.368 e. The predicted molar refractivity (Wildman–Crippen MR) is 107 cm³/mol. The van der Waals surface area contributed by atoms with Crippen molar-refractivity contribution in [3.05, 3.63) is 78.6 Å². The Morgan fingerprint density at radius 2 is 1.75 bits per heavy atom. The monoisotopic (exact) mass is 374 g/mol. The summed E-state index contributed by atoms with van der Waals surface area (Å²) in [6.45, 7) is 0.515. The van der Waals surface area contributed by atoms with Gasteiger partial charge in [0.1, 0.15) is 5.82 Å². The highest BCUT2D eigenvalue weighted by Gasteiger charge is 2.13. The minimum absolute atomic E-state index is 0.102. The molecule has 6 nitrogen and oxygen atoms in total. The average Bonchev–Trinajstić information content (AvgIpc) is 2.73. The standard InChI is InChI=1S/C21H19FN6/c22-18-12-24-8-6-16(18)21-27-19-13-25-9-7-17(19)20(28-21)26-11-15(23)10-14-4-2-1-3-5-14/h1-9,12-13,15H,10-11,23H2,(H,26,27,28). The van der Waals surface area contributed by atoms with Crippen molar-refractivity contribution in [1.29, 1.82) is 0 Å². The van der Waals surface area contributed by atoms with E-state index in [9.17, 15) is 4.39 Å². The van der Waals surface area contributed by atoms with E-state index in [1.54, 1.807) is 18.5 Å². The Bertz CT molecular complexity index is 1090. The van der Waals surface area contributed by atoms with Crippen molar-refractivity contribution in [3.8, 4) is 11.4 Å². The molecule has 0 aliphatic rings. The van der Waals surface area contributed by atoms with Crippen LogP contribution < -0.4 is 11.1 Å². The maximum atomic E-state index is 14.2. The first-order valence-corrected chi connectivity index (χ1v) is 8.96. The molecule has 4 rings (SSSR count). The van der Waals surface area contributed by atoms with E-state index >= 15 is 0 Å². The van der Waals surface area contributed by atoms with Gasteiger partial charge in [0.15, 0.2) is 11.6 Å². The van der Waals surface area contributed by atoms with Crippen LogP contribution in [-0.4, -0.2) is 32.5 Å². The molecule has 0 aliphatic heterocycles. The van der Waals surface area contributed by atoms with Crippen LogP contribution >= 0.6 is 0 Å². The van der Waals surface area contributed by atoms with Gasteiger partial charge in [-0.05, 0) is 24.1 Å². The number of nitrogens with one attached hydrogen (secondary N) is 1. The number of hydrogen-bond acceptors (Lipinski definition) is 6. The normalized spacial score (nSPS) is 12.1. The molecule has 3 aromatic heterocycles. The summed E-state index contributed by atoms with van der Waals surface area (Å²) >= 11 is 0. The molecule has 0 saturated heterocycles. The fourth-order valence-electron chi connectivity index (χ4n) is 3.01. The lowest BCUT2D eigenvalue weighted by atomic mass is 10.1. The molecule has 28 heavy (non-hydrogen) atoms. The highest BCUT2D eigenvalue weighted by molar-refractivity contribution is 5.89. The zero-order valence-electron chi connectivity index (χ0n) is 15.1. The highest BCUT2D eigenvalue weighted by Crippen LogP contribution is 2.25. The Balaban J connectivity index is 1.61. The van der Waals surface area contributed by atoms with Gasteiger partial charge in [-0.1, -0.05) is 30.3 Å². The van der Waals surface area contributed by atoms with Crippen molar-refractivity contribution in [2.45, 2.75) is 12.5 Å². The van der Waals surface area contributed by atoms with Crippen molar-refractivity contribution < 1.29 is 4.39 Å². The molecule has 0 aliphatic carbocycles. The first-order chi connectivity index (χ1) is 13.7. The van der Waals surface area contributed by atoms with Crippen LogP contribution in [0.4, 0.5) is 10.2 Å². The van der Waals surface area contributed by atoms with Crippen LogP contribution in [0, 0.1) is 5.82 Å². The van der Waals surface area contributed by atoms with E-state index in [1.807, 2.05) is 24.3 Å². The number of halogens is 1. The third-order valence-electron chi connectivity index (χ3n) is 4.38. The number of benzene rings is 1. The van der Waals surface area contributed by atoms with E-state index < -0.39 is 5.82 Å². The molecule has 4 aromatic rings. The van der Waals surface area contributed by atoms with Crippen molar-refractivity contribution in [2.75, 3.05) is 11.9 Å². The van der Waals surface area contributed by atoms with Gasteiger partial charge in [-0.25, -0.2) is 14.4 Å². The fourth-order valence-corrected chi connectivity index (χ4v) is 3.01. The fraction of sp³-hybridized carbons (Fsp3) is 0.143. The molecule has 0 bridgehead atoms. The molecule has 0 fully saturated rings. The Morgan fingerprint density at radius 3 is 2.57 bits per heavy atom. The van der Waals surface area contributed by atoms with E-state index in [-0.39, 0.29) is 17.4 Å². The van der Waals surface area contributed by atoms with E-state index in [1.165, 1.54) is 11.8 Å². The molecule has 7 heteroatoms. The summed E-state index contributed by atoms with van der Waals surface area (Å²) in [5, 5.41) is 4.10. The van der Waals surface area contributed by atoms with Gasteiger partial charge in [-0.3, -0.25) is 9.97 Å². The molecule has 1 unspecified atom stereocenters. The van der Waals surface area contributed by atoms with Crippen molar-refractivity contribution in [2.24, 2.45) is 5.73 Å². The molecule has 0 radical (unpaired) electrons. The molecule has 140 valence electrons. The van der Waals surface area contributed by atoms with Crippen LogP contribution in [0.1, 0.15) is 5.56 Å². The Morgan fingerprint density at radius 1 is 0.964 bits per heavy atom. The number of pyridine rings is 2. The zero-order valence-corrected chi connectivity index (χ0v) is 15.1. The number of nitrogens with zero attached hydrogens (tertiary/aromatic N) is 4. The number of hydrogen-bond donors (Lipinski definition) is 2. The Labute approximate surface area is 161 Å². The molecule has 0 saturated carbocycles. The maximum absolute atomic E-state index is 14.2. The van der Waals surface area contributed by atoms with Crippen LogP contribution in [-0.2, 0) is 6.42 Å². The van der Waals surface area contributed by atoms with Gasteiger partial charge in [-0.15, -0.1) is 0 Å². The molecule has 1 aromatic carbocycles. The second kappa shape index (κ2) is 8.06. The molecule has 1 atom stereocenters. The summed E-state index contributed by atoms with van der Waals surface area (Å²) in [5.41, 5.74) is 8.38. The lowest BCUT2D eigenvalue weighted by Crippen LogP contribution is -2.31. The predicted octanol–water partition coefficient (Wildman–Crippen LogP) is 3.21. The average molecular weight is 374 g/mol. The Hall–Kier alpha value is -3.45. The molecule has 3 heterocycles. The summed E-state index contributed by atoms with van der Waals surface area (Å²) in [6, 6.07) is 13.4. The Kier molecular flexibility index (Phi) is 5.16. The summed E-state index contributed by atoms with van der Waals surface area (Å²) in [4.78, 5) is 16.9. The van der Waals surface area contributed by atoms with Crippen LogP contribution in [0.2, 0.25) is 0 Å². The van der Waals surface area contributed by atoms with Gasteiger partial charge in [-0.2, -0.15) is 0 Å². The van der Waals surface area contributed by atoms with Crippen LogP contribution in [0.5, 0.6) is 0 Å². The molecule has 3 N–H and O–H groups in total. The van der Waals surface area contributed by atoms with Gasteiger partial charge in [0, 0.05) is 30.4 Å². The third-order valence-corrected chi connectivity index (χ3v) is 4.38. The summed E-state index contributed by atoms with van der Waals surface area (Å²) in [6.07, 6.45) is 6.71. The van der Waals surface area contributed by atoms with E-state index in [4.69, 9.17) is 5.73 Å². The smallest absolute Gasteiger partial charge is 0.165 e. The van der Waals surface area contributed by atoms with Gasteiger partial charge >= 0.3 is 0 Å². The number of fused-ring (bicyclic) bond motifs is 1. The maximum Gasteiger partial charge on any atom is 0.165 e. The third kappa shape index (κ3) is 3.94. The van der Waals surface area contributed by atoms with Crippen molar-refractivity contribution >= 4 is 16.7 Å². The van der Waals surface area contributed by atoms with Gasteiger partial charge < -0.3 is 11.1 Å². The number of nitrogens with two attached hydrogens (primary N) is 1. The van der Waals surface area contributed by atoms with Gasteiger partial charge in [0.25, 0.3) is 0 Å². The summed E-state index contributed by atoms with van der Waals surface area (Å²) < 4.78 is 14.2. The highest BCUT2D eigenvalue weighted by atomic mass is 19.1. The van der Waals surface area contributed by atoms with Gasteiger partial charge in [0.2, 0.25) is 0 Å². The number of rotatable bonds is 6. The zero-order chi connectivity index (χ0) is 19.3. The van der Waals surface area contributed by atoms with Crippen molar-refractivity contribution in [3.63, 3.8) is 0 Å². The van der Waals surface area contributed by atoms with E-state index in [0.29, 0.717) is 17.9 Å². The minimum atomic E-state index is -0.475. The van der Waals surface area contributed by atoms with E-state index in [2.05, 4.69) is 37.4 Å². The number of aromatic nitrogens is 4. The first kappa shape index (κ1) is 17.9. The van der Waals surface area contributed by atoms with Crippen LogP contribution in [0.15, 0.2) is 67.3 Å². The molecular formula is C21H19FN6. The summed E-state index contributed by atoms with van der Waals surface area (Å²) in [5.74, 6) is 0.402.